The van der Waals surface area contributed by atoms with Crippen molar-refractivity contribution < 1.29 is 31.1 Å². The van der Waals surface area contributed by atoms with Crippen molar-refractivity contribution >= 4 is 27.7 Å². The molecule has 10 heteroatoms. The summed E-state index contributed by atoms with van der Waals surface area (Å²) in [7, 11) is -3.35. The molecule has 29 heavy (non-hydrogen) atoms. The number of hydrogen-bond donors (Lipinski definition) is 2. The Morgan fingerprint density at radius 1 is 1.07 bits per heavy atom. The number of ether oxygens (including phenoxy) is 1. The molecule has 0 fully saturated rings. The lowest BCUT2D eigenvalue weighted by atomic mass is 10.2. The number of benzene rings is 2. The maximum Gasteiger partial charge on any atom is 0.422 e. The highest BCUT2D eigenvalue weighted by atomic mass is 32.2. The summed E-state index contributed by atoms with van der Waals surface area (Å²) in [6.45, 7) is -1.17. The van der Waals surface area contributed by atoms with Crippen molar-refractivity contribution in [3.05, 3.63) is 65.7 Å². The fourth-order valence-corrected chi connectivity index (χ4v) is 2.73. The summed E-state index contributed by atoms with van der Waals surface area (Å²) in [5.74, 6) is -0.271. The molecule has 1 amide bonds. The molecule has 0 atom stereocenters. The number of carbonyl (C=O) groups excluding carboxylic acids is 1. The first-order chi connectivity index (χ1) is 13.5. The van der Waals surface area contributed by atoms with Gasteiger partial charge in [-0.2, -0.15) is 13.2 Å². The van der Waals surface area contributed by atoms with E-state index in [1.165, 1.54) is 18.2 Å². The Kier molecular flexibility index (Phi) is 7.27. The average molecular weight is 428 g/mol. The summed E-state index contributed by atoms with van der Waals surface area (Å²) in [6.07, 6.45) is -0.467. The summed E-state index contributed by atoms with van der Waals surface area (Å²) in [6, 6.07) is 12.4. The standard InChI is InChI=1S/C19H19F3N2O4S/c1-29(26,27)24-16-7-2-14(3-8-16)6-11-18(25)23-12-15-4-9-17(10-5-15)28-13-19(20,21)22/h2-11,24H,12-13H2,1H3,(H,23,25)/b11-6+. The van der Waals surface area contributed by atoms with Crippen molar-refractivity contribution in [2.75, 3.05) is 17.6 Å². The van der Waals surface area contributed by atoms with Crippen molar-refractivity contribution in [1.82, 2.24) is 5.32 Å². The molecule has 2 aromatic rings. The molecule has 0 aliphatic carbocycles. The largest absolute Gasteiger partial charge is 0.484 e. The Morgan fingerprint density at radius 3 is 2.24 bits per heavy atom. The van der Waals surface area contributed by atoms with E-state index in [2.05, 4.69) is 14.8 Å². The van der Waals surface area contributed by atoms with Gasteiger partial charge in [0.15, 0.2) is 6.61 Å². The van der Waals surface area contributed by atoms with E-state index in [4.69, 9.17) is 0 Å². The Hall–Kier alpha value is -3.01. The average Bonchev–Trinajstić information content (AvgIpc) is 2.63. The van der Waals surface area contributed by atoms with Crippen LogP contribution >= 0.6 is 0 Å². The first-order valence-corrected chi connectivity index (χ1v) is 10.2. The normalized spacial score (nSPS) is 12.0. The molecule has 0 spiro atoms. The highest BCUT2D eigenvalue weighted by Crippen LogP contribution is 2.19. The highest BCUT2D eigenvalue weighted by Gasteiger charge is 2.28. The van der Waals surface area contributed by atoms with Crippen molar-refractivity contribution in [3.63, 3.8) is 0 Å². The number of halogens is 3. The van der Waals surface area contributed by atoms with Gasteiger partial charge in [-0.25, -0.2) is 8.42 Å². The first-order valence-electron chi connectivity index (χ1n) is 8.32. The van der Waals surface area contributed by atoms with E-state index in [9.17, 15) is 26.4 Å². The molecule has 2 rings (SSSR count). The highest BCUT2D eigenvalue weighted by molar-refractivity contribution is 7.92. The predicted octanol–water partition coefficient (Wildman–Crippen LogP) is 3.33. The number of anilines is 1. The van der Waals surface area contributed by atoms with Gasteiger partial charge in [-0.1, -0.05) is 24.3 Å². The lowest BCUT2D eigenvalue weighted by molar-refractivity contribution is -0.153. The fourth-order valence-electron chi connectivity index (χ4n) is 2.17. The van der Waals surface area contributed by atoms with Crippen molar-refractivity contribution in [2.24, 2.45) is 0 Å². The van der Waals surface area contributed by atoms with Crippen molar-refractivity contribution in [2.45, 2.75) is 12.7 Å². The summed E-state index contributed by atoms with van der Waals surface area (Å²) in [5.41, 5.74) is 1.81. The zero-order valence-corrected chi connectivity index (χ0v) is 16.2. The topological polar surface area (TPSA) is 84.5 Å². The summed E-state index contributed by atoms with van der Waals surface area (Å²) in [4.78, 5) is 11.9. The fraction of sp³-hybridized carbons (Fsp3) is 0.211. The van der Waals surface area contributed by atoms with Gasteiger partial charge in [0, 0.05) is 18.3 Å². The van der Waals surface area contributed by atoms with E-state index in [0.29, 0.717) is 16.8 Å². The third-order valence-corrected chi connectivity index (χ3v) is 4.04. The van der Waals surface area contributed by atoms with Crippen LogP contribution in [-0.2, 0) is 21.4 Å². The van der Waals surface area contributed by atoms with Crippen LogP contribution in [0, 0.1) is 0 Å². The number of nitrogens with one attached hydrogen (secondary N) is 2. The molecule has 0 saturated heterocycles. The monoisotopic (exact) mass is 428 g/mol. The van der Waals surface area contributed by atoms with Crippen LogP contribution in [0.3, 0.4) is 0 Å². The molecule has 2 aromatic carbocycles. The Bertz CT molecular complexity index is 954. The van der Waals surface area contributed by atoms with Crippen LogP contribution < -0.4 is 14.8 Å². The SMILES string of the molecule is CS(=O)(=O)Nc1ccc(/C=C/C(=O)NCc2ccc(OCC(F)(F)F)cc2)cc1. The molecule has 6 nitrogen and oxygen atoms in total. The molecule has 156 valence electrons. The first kappa shape index (κ1) is 22.3. The molecule has 0 heterocycles. The number of amides is 1. The number of sulfonamides is 1. The lowest BCUT2D eigenvalue weighted by Crippen LogP contribution is -2.20. The lowest BCUT2D eigenvalue weighted by Gasteiger charge is -2.09. The Labute approximate surface area is 166 Å². The second-order valence-electron chi connectivity index (χ2n) is 6.10. The van der Waals surface area contributed by atoms with Crippen LogP contribution in [0.15, 0.2) is 54.6 Å². The van der Waals surface area contributed by atoms with Gasteiger partial charge >= 0.3 is 6.18 Å². The van der Waals surface area contributed by atoms with Crippen LogP contribution in [0.5, 0.6) is 5.75 Å². The minimum Gasteiger partial charge on any atom is -0.484 e. The number of alkyl halides is 3. The van der Waals surface area contributed by atoms with Gasteiger partial charge in [-0.3, -0.25) is 9.52 Å². The van der Waals surface area contributed by atoms with Gasteiger partial charge in [-0.15, -0.1) is 0 Å². The third kappa shape index (κ3) is 9.15. The molecular weight excluding hydrogens is 409 g/mol. The predicted molar refractivity (Wildman–Crippen MR) is 104 cm³/mol. The second kappa shape index (κ2) is 9.46. The van der Waals surface area contributed by atoms with E-state index in [1.54, 1.807) is 42.5 Å². The third-order valence-electron chi connectivity index (χ3n) is 3.43. The maximum atomic E-state index is 12.1. The smallest absolute Gasteiger partial charge is 0.422 e. The molecule has 0 radical (unpaired) electrons. The van der Waals surface area contributed by atoms with Gasteiger partial charge in [0.1, 0.15) is 5.75 Å². The number of hydrogen-bond acceptors (Lipinski definition) is 4. The number of rotatable bonds is 8. The minimum atomic E-state index is -4.40. The molecule has 0 aromatic heterocycles. The maximum absolute atomic E-state index is 12.1. The van der Waals surface area contributed by atoms with Crippen LogP contribution in [-0.4, -0.2) is 33.4 Å². The summed E-state index contributed by atoms with van der Waals surface area (Å²) < 4.78 is 65.6. The van der Waals surface area contributed by atoms with Crippen LogP contribution in [0.2, 0.25) is 0 Å². The van der Waals surface area contributed by atoms with E-state index < -0.39 is 22.8 Å². The molecule has 0 saturated carbocycles. The molecular formula is C19H19F3N2O4S. The van der Waals surface area contributed by atoms with E-state index in [0.717, 1.165) is 6.26 Å². The zero-order valence-electron chi connectivity index (χ0n) is 15.4. The zero-order chi connectivity index (χ0) is 21.5. The van der Waals surface area contributed by atoms with Gasteiger partial charge < -0.3 is 10.1 Å². The van der Waals surface area contributed by atoms with Crippen LogP contribution in [0.4, 0.5) is 18.9 Å². The summed E-state index contributed by atoms with van der Waals surface area (Å²) in [5, 5.41) is 2.65. The molecule has 0 aliphatic heterocycles. The molecule has 0 aliphatic rings. The minimum absolute atomic E-state index is 0.0890. The number of carbonyl (C=O) groups is 1. The molecule has 0 bridgehead atoms. The Morgan fingerprint density at radius 2 is 1.69 bits per heavy atom. The van der Waals surface area contributed by atoms with Crippen LogP contribution in [0.1, 0.15) is 11.1 Å². The van der Waals surface area contributed by atoms with Crippen molar-refractivity contribution in [1.29, 1.82) is 0 Å². The van der Waals surface area contributed by atoms with E-state index in [-0.39, 0.29) is 18.2 Å². The van der Waals surface area contributed by atoms with Crippen LogP contribution in [0.25, 0.3) is 6.08 Å². The van der Waals surface area contributed by atoms with Gasteiger partial charge in [0.05, 0.1) is 6.26 Å². The summed E-state index contributed by atoms with van der Waals surface area (Å²) >= 11 is 0. The Balaban J connectivity index is 1.82. The van der Waals surface area contributed by atoms with Gasteiger partial charge in [0.25, 0.3) is 0 Å². The molecule has 0 unspecified atom stereocenters. The van der Waals surface area contributed by atoms with E-state index in [1.807, 2.05) is 0 Å². The van der Waals surface area contributed by atoms with Gasteiger partial charge in [-0.05, 0) is 41.5 Å². The van der Waals surface area contributed by atoms with Gasteiger partial charge in [0.2, 0.25) is 15.9 Å². The molecule has 2 N–H and O–H groups in total. The van der Waals surface area contributed by atoms with E-state index >= 15 is 0 Å². The second-order valence-corrected chi connectivity index (χ2v) is 7.84. The van der Waals surface area contributed by atoms with Crippen molar-refractivity contribution in [3.8, 4) is 5.75 Å². The quantitative estimate of drug-likeness (QED) is 0.632.